The van der Waals surface area contributed by atoms with Gasteiger partial charge in [-0.2, -0.15) is 0 Å². The highest BCUT2D eigenvalue weighted by atomic mass is 32.2. The highest BCUT2D eigenvalue weighted by Crippen LogP contribution is 2.28. The van der Waals surface area contributed by atoms with Crippen LogP contribution < -0.4 is 10.1 Å². The van der Waals surface area contributed by atoms with E-state index in [1.807, 2.05) is 24.3 Å². The lowest BCUT2D eigenvalue weighted by atomic mass is 9.84. The Bertz CT molecular complexity index is 1060. The number of anilines is 1. The van der Waals surface area contributed by atoms with Gasteiger partial charge in [-0.15, -0.1) is 0 Å². The molecule has 0 unspecified atom stereocenters. The molecule has 3 rings (SSSR count). The molecule has 0 saturated carbocycles. The number of nitrogens with zero attached hydrogens (tertiary/aromatic N) is 2. The van der Waals surface area contributed by atoms with Crippen molar-refractivity contribution in [3.05, 3.63) is 54.4 Å². The molecule has 0 aliphatic rings. The van der Waals surface area contributed by atoms with E-state index in [1.165, 1.54) is 12.6 Å². The van der Waals surface area contributed by atoms with Gasteiger partial charge in [-0.3, -0.25) is 0 Å². The fraction of sp³-hybridized carbons (Fsp3) is 0.300. The Labute approximate surface area is 159 Å². The fourth-order valence-electron chi connectivity index (χ4n) is 2.86. The highest BCUT2D eigenvalue weighted by Gasteiger charge is 2.21. The average molecular weight is 385 g/mol. The van der Waals surface area contributed by atoms with Crippen molar-refractivity contribution in [1.82, 2.24) is 9.97 Å². The summed E-state index contributed by atoms with van der Waals surface area (Å²) >= 11 is 0. The van der Waals surface area contributed by atoms with E-state index in [0.717, 1.165) is 11.3 Å². The lowest BCUT2D eigenvalue weighted by Gasteiger charge is -2.26. The van der Waals surface area contributed by atoms with Crippen LogP contribution in [0.5, 0.6) is 5.75 Å². The van der Waals surface area contributed by atoms with E-state index in [-0.39, 0.29) is 10.3 Å². The number of benzene rings is 2. The minimum atomic E-state index is -3.30. The van der Waals surface area contributed by atoms with Crippen molar-refractivity contribution in [2.75, 3.05) is 25.2 Å². The topological polar surface area (TPSA) is 81.2 Å². The summed E-state index contributed by atoms with van der Waals surface area (Å²) < 4.78 is 29.0. The summed E-state index contributed by atoms with van der Waals surface area (Å²) in [6.45, 7) is 4.88. The fourth-order valence-corrected chi connectivity index (χ4v) is 3.50. The predicted molar refractivity (Wildman–Crippen MR) is 107 cm³/mol. The van der Waals surface area contributed by atoms with Crippen LogP contribution >= 0.6 is 0 Å². The van der Waals surface area contributed by atoms with Crippen molar-refractivity contribution in [2.24, 2.45) is 0 Å². The van der Waals surface area contributed by atoms with Crippen LogP contribution in [0.1, 0.15) is 19.4 Å². The minimum Gasteiger partial charge on any atom is -0.497 e. The lowest BCUT2D eigenvalue weighted by Crippen LogP contribution is -2.28. The first-order valence-electron chi connectivity index (χ1n) is 8.54. The summed E-state index contributed by atoms with van der Waals surface area (Å²) in [6.07, 6.45) is 2.67. The Kier molecular flexibility index (Phi) is 5.06. The third-order valence-corrected chi connectivity index (χ3v) is 5.71. The number of fused-ring (bicyclic) bond motifs is 1. The van der Waals surface area contributed by atoms with Gasteiger partial charge in [0.1, 0.15) is 17.9 Å². The molecule has 0 amide bonds. The molecular formula is C20H23N3O3S. The number of methoxy groups -OCH3 is 1. The maximum absolute atomic E-state index is 11.9. The minimum absolute atomic E-state index is 0.169. The summed E-state index contributed by atoms with van der Waals surface area (Å²) in [5.41, 5.74) is 1.69. The Hall–Kier alpha value is -2.67. The molecule has 0 saturated heterocycles. The molecule has 6 nitrogen and oxygen atoms in total. The SMILES string of the molecule is COc1ccc(C(C)(C)CNc2ncnc3ccc(S(C)(=O)=O)cc23)cc1. The van der Waals surface area contributed by atoms with Crippen molar-refractivity contribution < 1.29 is 13.2 Å². The monoisotopic (exact) mass is 385 g/mol. The maximum Gasteiger partial charge on any atom is 0.175 e. The number of rotatable bonds is 6. The van der Waals surface area contributed by atoms with Crippen molar-refractivity contribution >= 4 is 26.6 Å². The van der Waals surface area contributed by atoms with Gasteiger partial charge < -0.3 is 10.1 Å². The molecule has 0 aliphatic carbocycles. The van der Waals surface area contributed by atoms with E-state index in [2.05, 4.69) is 29.1 Å². The Balaban J connectivity index is 1.89. The van der Waals surface area contributed by atoms with Crippen LogP contribution in [0.15, 0.2) is 53.7 Å². The molecule has 27 heavy (non-hydrogen) atoms. The zero-order valence-corrected chi connectivity index (χ0v) is 16.7. The Morgan fingerprint density at radius 1 is 1.07 bits per heavy atom. The zero-order valence-electron chi connectivity index (χ0n) is 15.9. The van der Waals surface area contributed by atoms with Crippen molar-refractivity contribution in [1.29, 1.82) is 0 Å². The molecule has 1 heterocycles. The van der Waals surface area contributed by atoms with Crippen LogP contribution in [0, 0.1) is 0 Å². The van der Waals surface area contributed by atoms with Crippen molar-refractivity contribution in [2.45, 2.75) is 24.2 Å². The summed E-state index contributed by atoms with van der Waals surface area (Å²) in [5.74, 6) is 1.43. The second kappa shape index (κ2) is 7.15. The largest absolute Gasteiger partial charge is 0.497 e. The van der Waals surface area contributed by atoms with Crippen LogP contribution in [0.2, 0.25) is 0 Å². The summed E-state index contributed by atoms with van der Waals surface area (Å²) in [6, 6.07) is 12.8. The standard InChI is InChI=1S/C20H23N3O3S/c1-20(2,14-5-7-15(26-3)8-6-14)12-21-19-17-11-16(27(4,24)25)9-10-18(17)22-13-23-19/h5-11,13H,12H2,1-4H3,(H,21,22,23). The normalized spacial score (nSPS) is 12.1. The van der Waals surface area contributed by atoms with Gasteiger partial charge in [0.05, 0.1) is 17.5 Å². The summed E-state index contributed by atoms with van der Waals surface area (Å²) in [7, 11) is -1.65. The number of nitrogens with one attached hydrogen (secondary N) is 1. The predicted octanol–water partition coefficient (Wildman–Crippen LogP) is 3.43. The number of ether oxygens (including phenoxy) is 1. The summed E-state index contributed by atoms with van der Waals surface area (Å²) in [4.78, 5) is 8.80. The molecular weight excluding hydrogens is 362 g/mol. The first-order chi connectivity index (χ1) is 12.7. The van der Waals surface area contributed by atoms with Gasteiger partial charge in [0.25, 0.3) is 0 Å². The average Bonchev–Trinajstić information content (AvgIpc) is 2.65. The van der Waals surface area contributed by atoms with Crippen LogP contribution in [-0.2, 0) is 15.3 Å². The molecule has 1 N–H and O–H groups in total. The molecule has 0 atom stereocenters. The number of hydrogen-bond donors (Lipinski definition) is 1. The molecule has 0 radical (unpaired) electrons. The Morgan fingerprint density at radius 2 is 1.78 bits per heavy atom. The van der Waals surface area contributed by atoms with Crippen molar-refractivity contribution in [3.63, 3.8) is 0 Å². The summed E-state index contributed by atoms with van der Waals surface area (Å²) in [5, 5.41) is 4.04. The smallest absolute Gasteiger partial charge is 0.175 e. The van der Waals surface area contributed by atoms with E-state index < -0.39 is 9.84 Å². The lowest BCUT2D eigenvalue weighted by molar-refractivity contribution is 0.414. The van der Waals surface area contributed by atoms with Crippen LogP contribution in [0.3, 0.4) is 0 Å². The van der Waals surface area contributed by atoms with Gasteiger partial charge in [-0.25, -0.2) is 18.4 Å². The van der Waals surface area contributed by atoms with Crippen molar-refractivity contribution in [3.8, 4) is 5.75 Å². The molecule has 0 aliphatic heterocycles. The molecule has 3 aromatic rings. The van der Waals surface area contributed by atoms with Gasteiger partial charge in [0, 0.05) is 23.6 Å². The van der Waals surface area contributed by atoms with Crippen LogP contribution in [0.25, 0.3) is 10.9 Å². The van der Waals surface area contributed by atoms with Gasteiger partial charge in [0.2, 0.25) is 0 Å². The maximum atomic E-state index is 11.9. The number of hydrogen-bond acceptors (Lipinski definition) is 6. The van der Waals surface area contributed by atoms with Gasteiger partial charge in [0.15, 0.2) is 9.84 Å². The highest BCUT2D eigenvalue weighted by molar-refractivity contribution is 7.90. The quantitative estimate of drug-likeness (QED) is 0.700. The van der Waals surface area contributed by atoms with Crippen LogP contribution in [-0.4, -0.2) is 38.3 Å². The van der Waals surface area contributed by atoms with E-state index >= 15 is 0 Å². The number of sulfone groups is 1. The molecule has 0 bridgehead atoms. The molecule has 0 spiro atoms. The second-order valence-electron chi connectivity index (χ2n) is 7.14. The number of aromatic nitrogens is 2. The zero-order chi connectivity index (χ0) is 19.7. The van der Waals surface area contributed by atoms with E-state index in [1.54, 1.807) is 25.3 Å². The van der Waals surface area contributed by atoms with Crippen LogP contribution in [0.4, 0.5) is 5.82 Å². The van der Waals surface area contributed by atoms with E-state index in [4.69, 9.17) is 4.74 Å². The van der Waals surface area contributed by atoms with Gasteiger partial charge in [-0.1, -0.05) is 26.0 Å². The molecule has 0 fully saturated rings. The first kappa shape index (κ1) is 19.1. The Morgan fingerprint density at radius 3 is 2.41 bits per heavy atom. The second-order valence-corrected chi connectivity index (χ2v) is 9.16. The molecule has 2 aromatic carbocycles. The molecule has 1 aromatic heterocycles. The van der Waals surface area contributed by atoms with E-state index in [9.17, 15) is 8.42 Å². The molecule has 7 heteroatoms. The third kappa shape index (κ3) is 4.19. The van der Waals surface area contributed by atoms with E-state index in [0.29, 0.717) is 23.3 Å². The molecule has 142 valence electrons. The van der Waals surface area contributed by atoms with Gasteiger partial charge in [-0.05, 0) is 35.9 Å². The third-order valence-electron chi connectivity index (χ3n) is 4.60. The first-order valence-corrected chi connectivity index (χ1v) is 10.4. The van der Waals surface area contributed by atoms with Gasteiger partial charge >= 0.3 is 0 Å².